The molecule has 1 heterocycles. The molecular formula is C14H16IN3O. The molecule has 2 aromatic rings. The molecule has 1 N–H and O–H groups in total. The van der Waals surface area contributed by atoms with Crippen LogP contribution in [0.3, 0.4) is 0 Å². The quantitative estimate of drug-likeness (QED) is 0.810. The fourth-order valence-electron chi connectivity index (χ4n) is 1.48. The predicted molar refractivity (Wildman–Crippen MR) is 84.8 cm³/mol. The summed E-state index contributed by atoms with van der Waals surface area (Å²) in [5.41, 5.74) is 0.918. The number of nitrogens with zero attached hydrogens (tertiary/aromatic N) is 2. The summed E-state index contributed by atoms with van der Waals surface area (Å²) in [6.07, 6.45) is 2.81. The molecular weight excluding hydrogens is 353 g/mol. The fraction of sp³-hybridized carbons (Fsp3) is 0.286. The number of anilines is 1. The van der Waals surface area contributed by atoms with Gasteiger partial charge in [0.1, 0.15) is 5.75 Å². The number of ether oxygens (including phenoxy) is 1. The van der Waals surface area contributed by atoms with Crippen molar-refractivity contribution >= 4 is 28.5 Å². The molecule has 0 saturated carbocycles. The maximum absolute atomic E-state index is 5.86. The minimum Gasteiger partial charge on any atom is -0.437 e. The van der Waals surface area contributed by atoms with E-state index in [9.17, 15) is 0 Å². The van der Waals surface area contributed by atoms with E-state index in [4.69, 9.17) is 4.74 Å². The molecule has 0 amide bonds. The van der Waals surface area contributed by atoms with Crippen molar-refractivity contribution in [2.45, 2.75) is 20.3 Å². The SMILES string of the molecule is CCCNc1ncc(C)c(Oc2ccccc2I)n1. The summed E-state index contributed by atoms with van der Waals surface area (Å²) >= 11 is 2.25. The van der Waals surface area contributed by atoms with Crippen LogP contribution in [-0.4, -0.2) is 16.5 Å². The Bertz CT molecular complexity index is 560. The predicted octanol–water partition coefficient (Wildman–Crippen LogP) is 4.00. The normalized spacial score (nSPS) is 10.3. The molecule has 0 atom stereocenters. The van der Waals surface area contributed by atoms with Crippen molar-refractivity contribution in [3.05, 3.63) is 39.6 Å². The lowest BCUT2D eigenvalue weighted by Gasteiger charge is -2.10. The largest absolute Gasteiger partial charge is 0.437 e. The first-order valence-electron chi connectivity index (χ1n) is 6.20. The average molecular weight is 369 g/mol. The second-order valence-corrected chi connectivity index (χ2v) is 5.30. The monoisotopic (exact) mass is 369 g/mol. The molecule has 0 unspecified atom stereocenters. The van der Waals surface area contributed by atoms with E-state index >= 15 is 0 Å². The van der Waals surface area contributed by atoms with Crippen molar-refractivity contribution in [1.82, 2.24) is 9.97 Å². The lowest BCUT2D eigenvalue weighted by Crippen LogP contribution is -2.05. The number of nitrogens with one attached hydrogen (secondary N) is 1. The molecule has 1 aromatic carbocycles. The van der Waals surface area contributed by atoms with Gasteiger partial charge in [-0.25, -0.2) is 4.98 Å². The highest BCUT2D eigenvalue weighted by atomic mass is 127. The van der Waals surface area contributed by atoms with Gasteiger partial charge in [-0.15, -0.1) is 0 Å². The molecule has 1 aromatic heterocycles. The first-order valence-corrected chi connectivity index (χ1v) is 7.28. The van der Waals surface area contributed by atoms with Gasteiger partial charge in [-0.1, -0.05) is 19.1 Å². The molecule has 4 nitrogen and oxygen atoms in total. The molecule has 0 aliphatic heterocycles. The third kappa shape index (κ3) is 3.79. The topological polar surface area (TPSA) is 47.0 Å². The third-order valence-corrected chi connectivity index (χ3v) is 3.39. The summed E-state index contributed by atoms with van der Waals surface area (Å²) in [4.78, 5) is 8.63. The third-order valence-electron chi connectivity index (χ3n) is 2.50. The number of hydrogen-bond acceptors (Lipinski definition) is 4. The molecule has 0 radical (unpaired) electrons. The molecule has 5 heteroatoms. The Balaban J connectivity index is 2.21. The molecule has 0 aliphatic rings. The van der Waals surface area contributed by atoms with E-state index in [0.29, 0.717) is 11.8 Å². The van der Waals surface area contributed by atoms with Crippen molar-refractivity contribution in [3.63, 3.8) is 0 Å². The van der Waals surface area contributed by atoms with Crippen LogP contribution in [0.5, 0.6) is 11.6 Å². The van der Waals surface area contributed by atoms with Crippen LogP contribution in [0.25, 0.3) is 0 Å². The fourth-order valence-corrected chi connectivity index (χ4v) is 1.98. The smallest absolute Gasteiger partial charge is 0.227 e. The number of halogens is 1. The molecule has 0 fully saturated rings. The van der Waals surface area contributed by atoms with Gasteiger partial charge >= 0.3 is 0 Å². The van der Waals surface area contributed by atoms with Crippen LogP contribution in [0.2, 0.25) is 0 Å². The lowest BCUT2D eigenvalue weighted by molar-refractivity contribution is 0.455. The molecule has 0 bridgehead atoms. The number of benzene rings is 1. The van der Waals surface area contributed by atoms with E-state index in [1.165, 1.54) is 0 Å². The molecule has 19 heavy (non-hydrogen) atoms. The van der Waals surface area contributed by atoms with Crippen LogP contribution in [0.1, 0.15) is 18.9 Å². The van der Waals surface area contributed by atoms with Crippen LogP contribution in [0.15, 0.2) is 30.5 Å². The van der Waals surface area contributed by atoms with Crippen LogP contribution >= 0.6 is 22.6 Å². The summed E-state index contributed by atoms with van der Waals surface area (Å²) in [6, 6.07) is 7.87. The Morgan fingerprint density at radius 2 is 2.11 bits per heavy atom. The van der Waals surface area contributed by atoms with Crippen molar-refractivity contribution in [3.8, 4) is 11.6 Å². The Hall–Kier alpha value is -1.37. The number of aryl methyl sites for hydroxylation is 1. The van der Waals surface area contributed by atoms with Crippen LogP contribution in [0.4, 0.5) is 5.95 Å². The van der Waals surface area contributed by atoms with Crippen LogP contribution in [-0.2, 0) is 0 Å². The van der Waals surface area contributed by atoms with E-state index in [1.54, 1.807) is 6.20 Å². The first-order chi connectivity index (χ1) is 9.20. The summed E-state index contributed by atoms with van der Waals surface area (Å²) in [5, 5.41) is 3.16. The van der Waals surface area contributed by atoms with E-state index < -0.39 is 0 Å². The average Bonchev–Trinajstić information content (AvgIpc) is 2.42. The highest BCUT2D eigenvalue weighted by molar-refractivity contribution is 14.1. The standard InChI is InChI=1S/C14H16IN3O/c1-3-8-16-14-17-9-10(2)13(18-14)19-12-7-5-4-6-11(12)15/h4-7,9H,3,8H2,1-2H3,(H,16,17,18). The minimum atomic E-state index is 0.595. The van der Waals surface area contributed by atoms with Gasteiger partial charge in [0.05, 0.1) is 3.57 Å². The van der Waals surface area contributed by atoms with Gasteiger partial charge in [0.15, 0.2) is 0 Å². The van der Waals surface area contributed by atoms with Crippen molar-refractivity contribution in [2.24, 2.45) is 0 Å². The number of hydrogen-bond donors (Lipinski definition) is 1. The maximum Gasteiger partial charge on any atom is 0.227 e. The van der Waals surface area contributed by atoms with Crippen molar-refractivity contribution in [2.75, 3.05) is 11.9 Å². The highest BCUT2D eigenvalue weighted by Gasteiger charge is 2.08. The van der Waals surface area contributed by atoms with Crippen LogP contribution < -0.4 is 10.1 Å². The molecule has 0 aliphatic carbocycles. The maximum atomic E-state index is 5.86. The molecule has 0 saturated heterocycles. The van der Waals surface area contributed by atoms with E-state index in [-0.39, 0.29) is 0 Å². The van der Waals surface area contributed by atoms with Crippen molar-refractivity contribution in [1.29, 1.82) is 0 Å². The Morgan fingerprint density at radius 1 is 1.32 bits per heavy atom. The van der Waals surface area contributed by atoms with Gasteiger partial charge in [0.2, 0.25) is 11.8 Å². The van der Waals surface area contributed by atoms with Gasteiger partial charge in [-0.3, -0.25) is 0 Å². The van der Waals surface area contributed by atoms with Gasteiger partial charge in [0.25, 0.3) is 0 Å². The second kappa shape index (κ2) is 6.70. The van der Waals surface area contributed by atoms with Crippen LogP contribution in [0, 0.1) is 10.5 Å². The van der Waals surface area contributed by atoms with Gasteiger partial charge in [0, 0.05) is 18.3 Å². The van der Waals surface area contributed by atoms with E-state index in [1.807, 2.05) is 31.2 Å². The second-order valence-electron chi connectivity index (χ2n) is 4.14. The number of aromatic nitrogens is 2. The Morgan fingerprint density at radius 3 is 2.84 bits per heavy atom. The summed E-state index contributed by atoms with van der Waals surface area (Å²) in [6.45, 7) is 4.89. The molecule has 0 spiro atoms. The molecule has 100 valence electrons. The Kier molecular flexibility index (Phi) is 4.95. The van der Waals surface area contributed by atoms with Gasteiger partial charge in [-0.2, -0.15) is 4.98 Å². The van der Waals surface area contributed by atoms with Gasteiger partial charge < -0.3 is 10.1 Å². The zero-order valence-electron chi connectivity index (χ0n) is 11.0. The number of para-hydroxylation sites is 1. The molecule has 2 rings (SSSR count). The minimum absolute atomic E-state index is 0.595. The Labute approximate surface area is 126 Å². The summed E-state index contributed by atoms with van der Waals surface area (Å²) < 4.78 is 6.92. The zero-order valence-corrected chi connectivity index (χ0v) is 13.1. The zero-order chi connectivity index (χ0) is 13.7. The number of rotatable bonds is 5. The highest BCUT2D eigenvalue weighted by Crippen LogP contribution is 2.27. The lowest BCUT2D eigenvalue weighted by atomic mass is 10.3. The van der Waals surface area contributed by atoms with Gasteiger partial charge in [-0.05, 0) is 48.1 Å². The summed E-state index contributed by atoms with van der Waals surface area (Å²) in [7, 11) is 0. The van der Waals surface area contributed by atoms with E-state index in [2.05, 4.69) is 44.8 Å². The van der Waals surface area contributed by atoms with E-state index in [0.717, 1.165) is 27.8 Å². The first kappa shape index (κ1) is 14.0. The van der Waals surface area contributed by atoms with Crippen molar-refractivity contribution < 1.29 is 4.74 Å². The summed E-state index contributed by atoms with van der Waals surface area (Å²) in [5.74, 6) is 2.01.